The van der Waals surface area contributed by atoms with E-state index in [-0.39, 0.29) is 440 Å². The summed E-state index contributed by atoms with van der Waals surface area (Å²) in [5, 5.41) is 0. The fourth-order valence-electron chi connectivity index (χ4n) is 0. The summed E-state index contributed by atoms with van der Waals surface area (Å²) in [6.07, 6.45) is 0. The minimum absolute atomic E-state index is 0. The third-order valence-electron chi connectivity index (χ3n) is 0. The van der Waals surface area contributed by atoms with E-state index in [2.05, 4.69) is 0 Å². The molecule has 0 radical (unpaired) electrons. The second kappa shape index (κ2) is 54.9. The number of hydrogen-bond acceptors (Lipinski definition) is 24. The Labute approximate surface area is 582 Å². The zero-order chi connectivity index (χ0) is 27.0. The van der Waals surface area contributed by atoms with E-state index < -0.39 is 46.9 Å². The van der Waals surface area contributed by atoms with E-state index in [0.717, 1.165) is 0 Å². The smallest absolute Gasteiger partial charge is 0.822 e. The van der Waals surface area contributed by atoms with Crippen molar-refractivity contribution in [2.24, 2.45) is 0 Å². The first kappa shape index (κ1) is 99.6. The molecule has 0 saturated carbocycles. The Kier molecular flexibility index (Phi) is 140. The van der Waals surface area contributed by atoms with E-state index >= 15 is 0 Å². The fourth-order valence-corrected chi connectivity index (χ4v) is 0. The van der Waals surface area contributed by atoms with Crippen LogP contribution < -0.4 is 88.1 Å². The molecule has 0 aromatic heterocycles. The van der Waals surface area contributed by atoms with Crippen molar-refractivity contribution < 1.29 is 115 Å². The van der Waals surface area contributed by atoms with E-state index in [4.69, 9.17) is 115 Å². The molecule has 0 N–H and O–H groups in total. The summed E-state index contributed by atoms with van der Waals surface area (Å²) in [5.74, 6) is 0. The molecule has 0 unspecified atom stereocenters. The largest absolute Gasteiger partial charge is 2.00 e. The molecule has 0 rings (SSSR count). The van der Waals surface area contributed by atoms with Crippen LogP contribution in [0.1, 0.15) is 0 Å². The summed E-state index contributed by atoms with van der Waals surface area (Å²) in [6, 6.07) is 0. The van der Waals surface area contributed by atoms with Crippen molar-refractivity contribution >= 4 is 487 Å². The van der Waals surface area contributed by atoms with Crippen LogP contribution in [0.4, 0.5) is 0 Å². The van der Waals surface area contributed by atoms with E-state index in [0.29, 0.717) is 0 Å². The van der Waals surface area contributed by atoms with Gasteiger partial charge < -0.3 is 115 Å². The summed E-state index contributed by atoms with van der Waals surface area (Å²) in [6.45, 7) is 0. The molecular weight excluding hydrogens is 1810 g/mol. The van der Waals surface area contributed by atoms with Gasteiger partial charge in [0.25, 0.3) is 0 Å². The normalized spacial score (nSPS) is 9.08. The number of hydrogen-bond donors (Lipinski definition) is 0. The minimum atomic E-state index is -5.39. The van der Waals surface area contributed by atoms with Crippen molar-refractivity contribution in [1.29, 1.82) is 0 Å². The molecule has 24 nitrogen and oxygen atoms in total. The van der Waals surface area contributed by atoms with Gasteiger partial charge in [-0.3, -0.25) is 0 Å². The molecule has 0 amide bonds. The second-order valence-corrected chi connectivity index (χ2v) is 8.05. The van der Waals surface area contributed by atoms with E-state index in [1.807, 2.05) is 0 Å². The standard InChI is InChI=1S/9Ba.6H3O4P/c;;;;;;;;;6*1-5(2,3)4/h;;;;;;;;;6*(H3,1,2,3,4)/q9*+2;;;;;;/p-18. The van der Waals surface area contributed by atoms with Crippen LogP contribution in [0, 0.1) is 0 Å². The fraction of sp³-hybridized carbons (Fsp3) is 0. The van der Waals surface area contributed by atoms with Crippen LogP contribution in [-0.2, 0) is 27.4 Å². The van der Waals surface area contributed by atoms with Gasteiger partial charge in [-0.05, 0) is 0 Å². The van der Waals surface area contributed by atoms with Crippen LogP contribution in [-0.4, -0.2) is 440 Å². The Bertz CT molecular complexity index is 484. The van der Waals surface area contributed by atoms with E-state index in [1.165, 1.54) is 0 Å². The molecule has 0 spiro atoms. The van der Waals surface area contributed by atoms with Crippen molar-refractivity contribution in [1.82, 2.24) is 0 Å². The molecule has 0 aromatic rings. The van der Waals surface area contributed by atoms with Crippen LogP contribution in [0.25, 0.3) is 0 Å². The number of phosphoric acid groups is 6. The van der Waals surface area contributed by atoms with Gasteiger partial charge in [0.15, 0.2) is 0 Å². The van der Waals surface area contributed by atoms with Gasteiger partial charge in [0.05, 0.1) is 0 Å². The molecule has 192 valence electrons. The molecule has 0 bridgehead atoms. The average molecular weight is 1810 g/mol. The molecule has 39 heavy (non-hydrogen) atoms. The van der Waals surface area contributed by atoms with Crippen LogP contribution in [0.5, 0.6) is 0 Å². The Morgan fingerprint density at radius 3 is 0.179 bits per heavy atom. The zero-order valence-corrected chi connectivity index (χ0v) is 64.2. The summed E-state index contributed by atoms with van der Waals surface area (Å²) >= 11 is 0. The molecule has 0 heterocycles. The maximum atomic E-state index is 8.55. The SMILES string of the molecule is O=P([O-])([O-])[O-].O=P([O-])([O-])[O-].O=P([O-])([O-])[O-].O=P([O-])([O-])[O-].O=P([O-])([O-])[O-].O=P([O-])([O-])[O-].[Ba+2].[Ba+2].[Ba+2].[Ba+2].[Ba+2].[Ba+2].[Ba+2].[Ba+2].[Ba+2]. The first-order valence-electron chi connectivity index (χ1n) is 4.38. The van der Waals surface area contributed by atoms with Crippen molar-refractivity contribution in [3.63, 3.8) is 0 Å². The Morgan fingerprint density at radius 2 is 0.179 bits per heavy atom. The van der Waals surface area contributed by atoms with Crippen LogP contribution >= 0.6 is 46.9 Å². The summed E-state index contributed by atoms with van der Waals surface area (Å²) < 4.78 is 51.3. The summed E-state index contributed by atoms with van der Waals surface area (Å²) in [7, 11) is -32.3. The van der Waals surface area contributed by atoms with Crippen LogP contribution in [0.3, 0.4) is 0 Å². The van der Waals surface area contributed by atoms with Gasteiger partial charge in [0.1, 0.15) is 0 Å². The van der Waals surface area contributed by atoms with Crippen LogP contribution in [0.15, 0.2) is 0 Å². The molecule has 0 atom stereocenters. The third-order valence-corrected chi connectivity index (χ3v) is 0. The van der Waals surface area contributed by atoms with Gasteiger partial charge in [0.2, 0.25) is 0 Å². The Hall–Kier alpha value is 14.8. The third kappa shape index (κ3) is 622. The first-order valence-corrected chi connectivity index (χ1v) is 13.1. The van der Waals surface area contributed by atoms with Crippen molar-refractivity contribution in [3.8, 4) is 0 Å². The molecule has 0 fully saturated rings. The topological polar surface area (TPSA) is 518 Å². The van der Waals surface area contributed by atoms with Crippen molar-refractivity contribution in [2.75, 3.05) is 0 Å². The van der Waals surface area contributed by atoms with Gasteiger partial charge in [-0.15, -0.1) is 0 Å². The monoisotopic (exact) mass is 1810 g/mol. The van der Waals surface area contributed by atoms with Crippen LogP contribution in [0.2, 0.25) is 0 Å². The summed E-state index contributed by atoms with van der Waals surface area (Å²) in [4.78, 5) is 154. The van der Waals surface area contributed by atoms with Gasteiger partial charge in [-0.25, -0.2) is 0 Å². The molecule has 0 aromatic carbocycles. The molecular formula is Ba9O24P6. The molecule has 0 aliphatic carbocycles. The molecule has 0 aliphatic heterocycles. The quantitative estimate of drug-likeness (QED) is 0.160. The van der Waals surface area contributed by atoms with Gasteiger partial charge in [-0.1, -0.05) is 0 Å². The molecule has 39 heteroatoms. The predicted octanol–water partition coefficient (Wildman–Crippen LogP) is -20.4. The van der Waals surface area contributed by atoms with Gasteiger partial charge in [-0.2, -0.15) is 46.9 Å². The molecule has 0 aliphatic rings. The predicted molar refractivity (Wildman–Crippen MR) is 97.4 cm³/mol. The zero-order valence-electron chi connectivity index (χ0n) is 18.8. The maximum absolute atomic E-state index is 8.55. The van der Waals surface area contributed by atoms with E-state index in [1.54, 1.807) is 0 Å². The molecule has 0 saturated heterocycles. The maximum Gasteiger partial charge on any atom is 2.00 e. The first-order chi connectivity index (χ1) is 12.0. The van der Waals surface area contributed by atoms with Crippen molar-refractivity contribution in [3.05, 3.63) is 0 Å². The van der Waals surface area contributed by atoms with Gasteiger partial charge in [0, 0.05) is 0 Å². The second-order valence-electron chi connectivity index (χ2n) is 2.68. The minimum Gasteiger partial charge on any atom is -0.822 e. The van der Waals surface area contributed by atoms with Gasteiger partial charge >= 0.3 is 440 Å². The van der Waals surface area contributed by atoms with E-state index in [9.17, 15) is 0 Å². The number of rotatable bonds is 0. The summed E-state index contributed by atoms with van der Waals surface area (Å²) in [5.41, 5.74) is 0. The average Bonchev–Trinajstić information content (AvgIpc) is 1.94. The Balaban J connectivity index is -0.0000000130. The Morgan fingerprint density at radius 1 is 0.179 bits per heavy atom. The van der Waals surface area contributed by atoms with Crippen molar-refractivity contribution in [2.45, 2.75) is 0 Å².